The number of aliphatic hydroxyl groups excluding tert-OH is 1. The third kappa shape index (κ3) is 10.4. The van der Waals surface area contributed by atoms with Crippen molar-refractivity contribution in [3.8, 4) is 11.5 Å². The number of rotatable bonds is 3. The maximum absolute atomic E-state index is 10.5. The molecule has 6 rings (SSSR count). The molecular formula is C37H36BrF3N2O3. The quantitative estimate of drug-likeness (QED) is 0.0937. The summed E-state index contributed by atoms with van der Waals surface area (Å²) in [5.74, 6) is 0.609. The number of hydrogen-bond donors (Lipinski definition) is 5. The third-order valence-electron chi connectivity index (χ3n) is 6.86. The molecule has 0 spiro atoms. The van der Waals surface area contributed by atoms with Crippen LogP contribution in [0.3, 0.4) is 0 Å². The number of aromatic hydroxyl groups is 2. The van der Waals surface area contributed by atoms with Crippen LogP contribution in [0.2, 0.25) is 0 Å². The van der Waals surface area contributed by atoms with Crippen molar-refractivity contribution in [3.05, 3.63) is 144 Å². The second kappa shape index (κ2) is 17.1. The molecule has 0 heterocycles. The van der Waals surface area contributed by atoms with Gasteiger partial charge in [-0.25, -0.2) is 0 Å². The van der Waals surface area contributed by atoms with Crippen molar-refractivity contribution in [1.82, 2.24) is 0 Å². The highest BCUT2D eigenvalue weighted by Crippen LogP contribution is 2.34. The minimum absolute atomic E-state index is 0.278. The first kappa shape index (κ1) is 35.7. The Morgan fingerprint density at radius 2 is 1.17 bits per heavy atom. The standard InChI is InChI=1S/C18H17NO.C10H9NO.C7H7Br.C2H3F3O/c1-12-7-9-16-15(17(12)19)10-8-14(18(16)20)11-13-5-3-2-4-6-13;11-9-5-1-4-8-7(9)3-2-6-10(8)12;8-6-7-4-2-1-3-5-7;3-2(4,5)1-6/h2-10,20H,11,19H2,1H3;1-6,12H,11H2;1-5H,6H2;6H,1H2. The number of phenols is 2. The number of aliphatic hydroxyl groups is 1. The Kier molecular flexibility index (Phi) is 13.3. The SMILES string of the molecule is BrCc1ccccc1.Cc1ccc2c(O)c(Cc3ccccc3)ccc2c1N.Nc1cccc2c(O)cccc12.OCC(F)(F)F. The van der Waals surface area contributed by atoms with Gasteiger partial charge in [0, 0.05) is 44.7 Å². The zero-order chi connectivity index (χ0) is 33.7. The highest BCUT2D eigenvalue weighted by Gasteiger charge is 2.24. The molecule has 6 aromatic rings. The summed E-state index contributed by atoms with van der Waals surface area (Å²) in [6.45, 7) is 0.247. The van der Waals surface area contributed by atoms with Gasteiger partial charge in [0.05, 0.1) is 0 Å². The van der Waals surface area contributed by atoms with Crippen molar-refractivity contribution >= 4 is 48.8 Å². The van der Waals surface area contributed by atoms with Gasteiger partial charge in [0.15, 0.2) is 0 Å². The van der Waals surface area contributed by atoms with Gasteiger partial charge in [-0.2, -0.15) is 13.2 Å². The summed E-state index contributed by atoms with van der Waals surface area (Å²) < 4.78 is 31.6. The molecule has 5 nitrogen and oxygen atoms in total. The summed E-state index contributed by atoms with van der Waals surface area (Å²) in [6, 6.07) is 39.1. The Labute approximate surface area is 274 Å². The number of halogens is 4. The van der Waals surface area contributed by atoms with Crippen LogP contribution in [0.15, 0.2) is 121 Å². The van der Waals surface area contributed by atoms with Gasteiger partial charge >= 0.3 is 6.18 Å². The average molecular weight is 694 g/mol. The maximum Gasteiger partial charge on any atom is 0.411 e. The number of fused-ring (bicyclic) bond motifs is 2. The summed E-state index contributed by atoms with van der Waals surface area (Å²) in [6.07, 6.45) is -3.68. The van der Waals surface area contributed by atoms with Gasteiger partial charge < -0.3 is 26.8 Å². The van der Waals surface area contributed by atoms with E-state index in [1.54, 1.807) is 12.1 Å². The van der Waals surface area contributed by atoms with Crippen LogP contribution in [-0.4, -0.2) is 28.1 Å². The lowest BCUT2D eigenvalue weighted by atomic mass is 9.97. The Balaban J connectivity index is 0.000000188. The van der Waals surface area contributed by atoms with Crippen LogP contribution >= 0.6 is 15.9 Å². The molecule has 0 aliphatic rings. The number of benzene rings is 6. The summed E-state index contributed by atoms with van der Waals surface area (Å²) in [5.41, 5.74) is 17.7. The Morgan fingerprint density at radius 3 is 1.72 bits per heavy atom. The molecule has 0 aliphatic heterocycles. The second-order valence-corrected chi connectivity index (χ2v) is 10.8. The number of hydrogen-bond acceptors (Lipinski definition) is 5. The van der Waals surface area contributed by atoms with Crippen LogP contribution in [0.5, 0.6) is 11.5 Å². The van der Waals surface area contributed by atoms with E-state index in [0.717, 1.165) is 50.1 Å². The molecule has 0 saturated heterocycles. The molecule has 0 atom stereocenters. The van der Waals surface area contributed by atoms with Gasteiger partial charge in [-0.1, -0.05) is 125 Å². The molecule has 7 N–H and O–H groups in total. The first-order valence-corrected chi connectivity index (χ1v) is 15.3. The molecule has 0 aromatic heterocycles. The van der Waals surface area contributed by atoms with Gasteiger partial charge in [-0.3, -0.25) is 0 Å². The maximum atomic E-state index is 10.5. The van der Waals surface area contributed by atoms with Gasteiger partial charge in [0.25, 0.3) is 0 Å². The topological polar surface area (TPSA) is 113 Å². The van der Waals surface area contributed by atoms with E-state index in [0.29, 0.717) is 11.4 Å². The average Bonchev–Trinajstić information content (AvgIpc) is 3.06. The summed E-state index contributed by atoms with van der Waals surface area (Å²) in [7, 11) is 0. The zero-order valence-electron chi connectivity index (χ0n) is 25.2. The molecule has 0 saturated carbocycles. The van der Waals surface area contributed by atoms with Gasteiger partial charge in [0.2, 0.25) is 0 Å². The van der Waals surface area contributed by atoms with E-state index in [1.807, 2.05) is 91.9 Å². The minimum atomic E-state index is -4.40. The van der Waals surface area contributed by atoms with E-state index in [4.69, 9.17) is 16.6 Å². The molecule has 0 amide bonds. The Bertz CT molecular complexity index is 1790. The van der Waals surface area contributed by atoms with Crippen molar-refractivity contribution < 1.29 is 28.5 Å². The molecule has 240 valence electrons. The number of nitrogens with two attached hydrogens (primary N) is 2. The number of anilines is 2. The number of nitrogen functional groups attached to an aromatic ring is 2. The summed E-state index contributed by atoms with van der Waals surface area (Å²) in [5, 5.41) is 31.6. The number of aryl methyl sites for hydroxylation is 1. The molecule has 0 fully saturated rings. The zero-order valence-corrected chi connectivity index (χ0v) is 26.8. The van der Waals surface area contributed by atoms with E-state index in [9.17, 15) is 23.4 Å². The fourth-order valence-electron chi connectivity index (χ4n) is 4.41. The highest BCUT2D eigenvalue weighted by molar-refractivity contribution is 9.08. The van der Waals surface area contributed by atoms with Gasteiger partial charge in [-0.05, 0) is 41.3 Å². The van der Waals surface area contributed by atoms with E-state index in [1.165, 1.54) is 11.1 Å². The van der Waals surface area contributed by atoms with Crippen LogP contribution in [0, 0.1) is 6.92 Å². The fraction of sp³-hybridized carbons (Fsp3) is 0.135. The van der Waals surface area contributed by atoms with Crippen LogP contribution in [-0.2, 0) is 11.8 Å². The van der Waals surface area contributed by atoms with Crippen LogP contribution in [0.4, 0.5) is 24.5 Å². The Hall–Kier alpha value is -4.73. The Morgan fingerprint density at radius 1 is 0.630 bits per heavy atom. The van der Waals surface area contributed by atoms with Crippen LogP contribution < -0.4 is 11.5 Å². The molecule has 6 aromatic carbocycles. The van der Waals surface area contributed by atoms with Gasteiger partial charge in [-0.15, -0.1) is 0 Å². The third-order valence-corrected chi connectivity index (χ3v) is 7.51. The first-order chi connectivity index (χ1) is 21.9. The van der Waals surface area contributed by atoms with Crippen molar-refractivity contribution in [2.24, 2.45) is 0 Å². The molecular weight excluding hydrogens is 657 g/mol. The fourth-order valence-corrected chi connectivity index (χ4v) is 4.78. The van der Waals surface area contributed by atoms with Crippen LogP contribution in [0.25, 0.3) is 21.5 Å². The monoisotopic (exact) mass is 692 g/mol. The van der Waals surface area contributed by atoms with E-state index >= 15 is 0 Å². The van der Waals surface area contributed by atoms with E-state index in [2.05, 4.69) is 40.2 Å². The minimum Gasteiger partial charge on any atom is -0.507 e. The van der Waals surface area contributed by atoms with Gasteiger partial charge in [0.1, 0.15) is 18.1 Å². The highest BCUT2D eigenvalue weighted by atomic mass is 79.9. The lowest BCUT2D eigenvalue weighted by Gasteiger charge is -2.11. The summed E-state index contributed by atoms with van der Waals surface area (Å²) >= 11 is 3.36. The normalized spacial score (nSPS) is 10.6. The van der Waals surface area contributed by atoms with Crippen molar-refractivity contribution in [2.45, 2.75) is 24.9 Å². The van der Waals surface area contributed by atoms with Crippen molar-refractivity contribution in [3.63, 3.8) is 0 Å². The van der Waals surface area contributed by atoms with Crippen LogP contribution in [0.1, 0.15) is 22.3 Å². The molecule has 0 aliphatic carbocycles. The smallest absolute Gasteiger partial charge is 0.411 e. The molecule has 0 bridgehead atoms. The molecule has 0 radical (unpaired) electrons. The molecule has 9 heteroatoms. The predicted octanol–water partition coefficient (Wildman–Crippen LogP) is 9.28. The van der Waals surface area contributed by atoms with Crippen molar-refractivity contribution in [1.29, 1.82) is 0 Å². The summed E-state index contributed by atoms with van der Waals surface area (Å²) in [4.78, 5) is 0. The second-order valence-electron chi connectivity index (χ2n) is 10.2. The molecule has 46 heavy (non-hydrogen) atoms. The van der Waals surface area contributed by atoms with E-state index < -0.39 is 12.8 Å². The molecule has 0 unspecified atom stereocenters. The largest absolute Gasteiger partial charge is 0.507 e. The predicted molar refractivity (Wildman–Crippen MR) is 186 cm³/mol. The number of phenolic OH excluding ortho intramolecular Hbond substituents is 2. The lowest BCUT2D eigenvalue weighted by Crippen LogP contribution is -2.12. The lowest BCUT2D eigenvalue weighted by molar-refractivity contribution is -0.159. The number of alkyl halides is 4. The first-order valence-electron chi connectivity index (χ1n) is 14.2. The van der Waals surface area contributed by atoms with Crippen molar-refractivity contribution in [2.75, 3.05) is 18.1 Å². The van der Waals surface area contributed by atoms with E-state index in [-0.39, 0.29) is 5.75 Å².